The number of aromatic nitrogens is 1. The lowest BCUT2D eigenvalue weighted by Crippen LogP contribution is -2.17. The van der Waals surface area contributed by atoms with Crippen molar-refractivity contribution >= 4 is 28.1 Å². The van der Waals surface area contributed by atoms with E-state index in [0.717, 1.165) is 0 Å². The van der Waals surface area contributed by atoms with Crippen LogP contribution in [0.5, 0.6) is 0 Å². The summed E-state index contributed by atoms with van der Waals surface area (Å²) in [5.74, 6) is -1.42. The van der Waals surface area contributed by atoms with Gasteiger partial charge in [-0.1, -0.05) is 16.5 Å². The molecule has 0 saturated heterocycles. The lowest BCUT2D eigenvalue weighted by molar-refractivity contribution is -0.129. The zero-order valence-electron chi connectivity index (χ0n) is 7.73. The van der Waals surface area contributed by atoms with Crippen molar-refractivity contribution < 1.29 is 19.1 Å². The number of halogens is 1. The van der Waals surface area contributed by atoms with Gasteiger partial charge < -0.3 is 15.7 Å². The maximum absolute atomic E-state index is 13.1. The maximum Gasteiger partial charge on any atom is 0.360 e. The summed E-state index contributed by atoms with van der Waals surface area (Å²) < 4.78 is 13.1. The number of oxime groups is 1. The van der Waals surface area contributed by atoms with Gasteiger partial charge in [0.15, 0.2) is 5.13 Å². The van der Waals surface area contributed by atoms with Gasteiger partial charge in [0, 0.05) is 0 Å². The molecule has 0 radical (unpaired) electrons. The van der Waals surface area contributed by atoms with Gasteiger partial charge >= 0.3 is 5.97 Å². The highest BCUT2D eigenvalue weighted by Gasteiger charge is 2.22. The predicted octanol–water partition coefficient (Wildman–Crippen LogP) is 0.690. The molecule has 82 valence electrons. The van der Waals surface area contributed by atoms with E-state index in [0.29, 0.717) is 11.3 Å². The van der Waals surface area contributed by atoms with Gasteiger partial charge in [0.2, 0.25) is 10.8 Å². The molecule has 0 saturated carbocycles. The summed E-state index contributed by atoms with van der Waals surface area (Å²) in [6.07, 6.45) is 0. The van der Waals surface area contributed by atoms with Crippen LogP contribution < -0.4 is 5.73 Å². The summed E-state index contributed by atoms with van der Waals surface area (Å²) in [5.41, 5.74) is 4.23. The normalized spacial score (nSPS) is 11.5. The quantitative estimate of drug-likeness (QED) is 0.589. The molecular weight excluding hydrogens is 225 g/mol. The van der Waals surface area contributed by atoms with Gasteiger partial charge in [-0.05, 0) is 6.92 Å². The molecule has 15 heavy (non-hydrogen) atoms. The van der Waals surface area contributed by atoms with Crippen LogP contribution in [0.4, 0.5) is 9.52 Å². The molecule has 1 heterocycles. The number of aliphatic carboxylic acids is 1. The van der Waals surface area contributed by atoms with Crippen molar-refractivity contribution in [2.75, 3.05) is 12.3 Å². The fourth-order valence-corrected chi connectivity index (χ4v) is 1.34. The molecule has 0 amide bonds. The molecular formula is C7H8FN3O3S. The van der Waals surface area contributed by atoms with Crippen LogP contribution in [0.2, 0.25) is 0 Å². The van der Waals surface area contributed by atoms with Crippen molar-refractivity contribution in [1.29, 1.82) is 0 Å². The molecule has 6 nitrogen and oxygen atoms in total. The Morgan fingerprint density at radius 1 is 1.80 bits per heavy atom. The van der Waals surface area contributed by atoms with E-state index in [9.17, 15) is 9.18 Å². The minimum Gasteiger partial charge on any atom is -0.476 e. The van der Waals surface area contributed by atoms with Gasteiger partial charge in [0.05, 0.1) is 0 Å². The number of thiazole rings is 1. The van der Waals surface area contributed by atoms with E-state index >= 15 is 0 Å². The van der Waals surface area contributed by atoms with Crippen LogP contribution >= 0.6 is 11.3 Å². The van der Waals surface area contributed by atoms with Gasteiger partial charge in [0.25, 0.3) is 0 Å². The van der Waals surface area contributed by atoms with E-state index in [4.69, 9.17) is 10.8 Å². The molecule has 1 aromatic rings. The number of rotatable bonds is 4. The van der Waals surface area contributed by atoms with Gasteiger partial charge in [-0.2, -0.15) is 4.39 Å². The van der Waals surface area contributed by atoms with Crippen LogP contribution in [0.25, 0.3) is 0 Å². The molecule has 0 fully saturated rings. The van der Waals surface area contributed by atoms with Crippen LogP contribution in [0, 0.1) is 5.13 Å². The molecule has 0 aliphatic rings. The molecule has 0 bridgehead atoms. The summed E-state index contributed by atoms with van der Waals surface area (Å²) in [6.45, 7) is 1.80. The molecule has 1 rings (SSSR count). The highest BCUT2D eigenvalue weighted by molar-refractivity contribution is 7.14. The molecule has 0 aliphatic heterocycles. The van der Waals surface area contributed by atoms with E-state index in [1.165, 1.54) is 0 Å². The first-order valence-electron chi connectivity index (χ1n) is 3.91. The van der Waals surface area contributed by atoms with E-state index < -0.39 is 22.5 Å². The Kier molecular flexibility index (Phi) is 3.56. The van der Waals surface area contributed by atoms with Crippen LogP contribution in [0.1, 0.15) is 12.6 Å². The molecule has 3 N–H and O–H groups in total. The second-order valence-electron chi connectivity index (χ2n) is 2.34. The number of anilines is 1. The van der Waals surface area contributed by atoms with Crippen molar-refractivity contribution in [2.24, 2.45) is 5.16 Å². The first kappa shape index (κ1) is 11.4. The fourth-order valence-electron chi connectivity index (χ4n) is 0.776. The number of hydrogen-bond donors (Lipinski definition) is 2. The van der Waals surface area contributed by atoms with Gasteiger partial charge in [0.1, 0.15) is 12.3 Å². The number of hydrogen-bond acceptors (Lipinski definition) is 6. The average Bonchev–Trinajstić information content (AvgIpc) is 2.46. The Bertz CT molecular complexity index is 404. The lowest BCUT2D eigenvalue weighted by Gasteiger charge is -1.97. The van der Waals surface area contributed by atoms with Crippen molar-refractivity contribution in [1.82, 2.24) is 4.98 Å². The summed E-state index contributed by atoms with van der Waals surface area (Å²) in [5, 5.41) is 11.1. The summed E-state index contributed by atoms with van der Waals surface area (Å²) in [6, 6.07) is 0. The molecule has 0 aliphatic carbocycles. The third kappa shape index (κ3) is 2.62. The van der Waals surface area contributed by atoms with E-state index in [-0.39, 0.29) is 11.7 Å². The van der Waals surface area contributed by atoms with Crippen molar-refractivity contribution in [3.63, 3.8) is 0 Å². The Morgan fingerprint density at radius 3 is 2.87 bits per heavy atom. The van der Waals surface area contributed by atoms with Crippen LogP contribution in [-0.2, 0) is 9.63 Å². The fraction of sp³-hybridized carbons (Fsp3) is 0.286. The summed E-state index contributed by atoms with van der Waals surface area (Å²) in [4.78, 5) is 18.8. The van der Waals surface area contributed by atoms with Crippen molar-refractivity contribution in [3.8, 4) is 0 Å². The molecule has 1 aromatic heterocycles. The van der Waals surface area contributed by atoms with Crippen molar-refractivity contribution in [2.45, 2.75) is 6.92 Å². The number of nitrogens with zero attached hydrogens (tertiary/aromatic N) is 2. The van der Waals surface area contributed by atoms with Crippen molar-refractivity contribution in [3.05, 3.63) is 10.8 Å². The zero-order valence-corrected chi connectivity index (χ0v) is 8.55. The monoisotopic (exact) mass is 233 g/mol. The summed E-state index contributed by atoms with van der Waals surface area (Å²) >= 11 is 0.549. The Balaban J connectivity index is 3.10. The average molecular weight is 233 g/mol. The standard InChI is InChI=1S/C7H8FN3O3S/c1-2-14-11-4(6(12)13)3-5(8)15-7(9)10-3/h2H2,1H3,(H2,9,10)(H,12,13). The number of nitrogen functional groups attached to an aromatic ring is 1. The van der Waals surface area contributed by atoms with Crippen LogP contribution in [-0.4, -0.2) is 28.4 Å². The van der Waals surface area contributed by atoms with Gasteiger partial charge in [-0.3, -0.25) is 0 Å². The van der Waals surface area contributed by atoms with Gasteiger partial charge in [-0.15, -0.1) is 0 Å². The van der Waals surface area contributed by atoms with Crippen LogP contribution in [0.15, 0.2) is 5.16 Å². The SMILES string of the molecule is CCON=C(C(=O)O)c1nc(N)sc1F. The topological polar surface area (TPSA) is 97.8 Å². The largest absolute Gasteiger partial charge is 0.476 e. The zero-order chi connectivity index (χ0) is 11.4. The first-order chi connectivity index (χ1) is 7.06. The molecule has 0 unspecified atom stereocenters. The first-order valence-corrected chi connectivity index (χ1v) is 4.73. The highest BCUT2D eigenvalue weighted by atomic mass is 32.1. The third-order valence-corrected chi connectivity index (χ3v) is 1.99. The highest BCUT2D eigenvalue weighted by Crippen LogP contribution is 2.19. The van der Waals surface area contributed by atoms with E-state index in [1.54, 1.807) is 6.92 Å². The van der Waals surface area contributed by atoms with Crippen LogP contribution in [0.3, 0.4) is 0 Å². The number of nitrogens with two attached hydrogens (primary N) is 1. The molecule has 0 spiro atoms. The predicted molar refractivity (Wildman–Crippen MR) is 52.3 cm³/mol. The second kappa shape index (κ2) is 4.69. The lowest BCUT2D eigenvalue weighted by atomic mass is 10.3. The second-order valence-corrected chi connectivity index (χ2v) is 3.32. The Labute approximate surface area is 88.2 Å². The molecule has 0 aromatic carbocycles. The summed E-state index contributed by atoms with van der Waals surface area (Å²) in [7, 11) is 0. The molecule has 0 atom stereocenters. The minimum atomic E-state index is -1.42. The third-order valence-electron chi connectivity index (χ3n) is 1.31. The minimum absolute atomic E-state index is 0.0621. The van der Waals surface area contributed by atoms with Gasteiger partial charge in [-0.25, -0.2) is 9.78 Å². The smallest absolute Gasteiger partial charge is 0.360 e. The number of carboxylic acids is 1. The maximum atomic E-state index is 13.1. The van der Waals surface area contributed by atoms with E-state index in [1.807, 2.05) is 0 Å². The molecule has 8 heteroatoms. The Morgan fingerprint density at radius 2 is 2.47 bits per heavy atom. The number of carbonyl (C=O) groups is 1. The number of carboxylic acid groups (broad SMARTS) is 1. The van der Waals surface area contributed by atoms with E-state index in [2.05, 4.69) is 15.0 Å². The Hall–Kier alpha value is -1.70.